The number of carbonyl (C=O) groups is 1. The van der Waals surface area contributed by atoms with E-state index in [1.807, 2.05) is 40.8 Å². The lowest BCUT2D eigenvalue weighted by atomic mass is 10.1. The van der Waals surface area contributed by atoms with E-state index in [0.717, 1.165) is 33.0 Å². The summed E-state index contributed by atoms with van der Waals surface area (Å²) in [6.07, 6.45) is 0. The first-order chi connectivity index (χ1) is 14.1. The van der Waals surface area contributed by atoms with Crippen molar-refractivity contribution in [1.82, 2.24) is 14.6 Å². The highest BCUT2D eigenvalue weighted by atomic mass is 32.2. The number of hydrogen-bond donors (Lipinski definition) is 0. The Kier molecular flexibility index (Phi) is 5.40. The van der Waals surface area contributed by atoms with Crippen molar-refractivity contribution in [3.63, 3.8) is 0 Å². The van der Waals surface area contributed by atoms with Gasteiger partial charge in [0.1, 0.15) is 11.5 Å². The van der Waals surface area contributed by atoms with E-state index >= 15 is 0 Å². The van der Waals surface area contributed by atoms with E-state index in [1.54, 1.807) is 31.9 Å². The minimum absolute atomic E-state index is 0.00695. The Morgan fingerprint density at radius 3 is 2.76 bits per heavy atom. The molecule has 148 valence electrons. The van der Waals surface area contributed by atoms with Crippen molar-refractivity contribution in [2.24, 2.45) is 0 Å². The van der Waals surface area contributed by atoms with Crippen molar-refractivity contribution in [2.45, 2.75) is 19.0 Å². The summed E-state index contributed by atoms with van der Waals surface area (Å²) in [6.45, 7) is 4.06. The summed E-state index contributed by atoms with van der Waals surface area (Å²) < 4.78 is 13.3. The third-order valence-electron chi connectivity index (χ3n) is 4.71. The summed E-state index contributed by atoms with van der Waals surface area (Å²) in [6, 6.07) is 15.3. The predicted molar refractivity (Wildman–Crippen MR) is 114 cm³/mol. The van der Waals surface area contributed by atoms with Crippen molar-refractivity contribution in [3.8, 4) is 11.5 Å². The van der Waals surface area contributed by atoms with Gasteiger partial charge in [-0.3, -0.25) is 9.20 Å². The van der Waals surface area contributed by atoms with Gasteiger partial charge in [-0.2, -0.15) is 0 Å². The number of nitrogens with zero attached hydrogens (tertiary/aromatic N) is 3. The van der Waals surface area contributed by atoms with Gasteiger partial charge in [0.2, 0.25) is 0 Å². The van der Waals surface area contributed by atoms with E-state index in [4.69, 9.17) is 9.47 Å². The first kappa shape index (κ1) is 19.3. The van der Waals surface area contributed by atoms with Crippen molar-refractivity contribution in [3.05, 3.63) is 59.7 Å². The summed E-state index contributed by atoms with van der Waals surface area (Å²) in [5.74, 6) is 2.06. The molecule has 0 atom stereocenters. The number of para-hydroxylation sites is 1. The predicted octanol–water partition coefficient (Wildman–Crippen LogP) is 4.57. The minimum Gasteiger partial charge on any atom is -0.497 e. The molecule has 29 heavy (non-hydrogen) atoms. The highest BCUT2D eigenvalue weighted by molar-refractivity contribution is 7.99. The lowest BCUT2D eigenvalue weighted by molar-refractivity contribution is 0.101. The number of ketones is 1. The van der Waals surface area contributed by atoms with Crippen LogP contribution in [0.15, 0.2) is 53.7 Å². The van der Waals surface area contributed by atoms with Crippen LogP contribution in [0.2, 0.25) is 0 Å². The Hall–Kier alpha value is -3.06. The van der Waals surface area contributed by atoms with Crippen LogP contribution in [-0.2, 0) is 0 Å². The first-order valence-electron chi connectivity index (χ1n) is 9.26. The zero-order valence-electron chi connectivity index (χ0n) is 16.5. The molecule has 0 saturated carbocycles. The van der Waals surface area contributed by atoms with Gasteiger partial charge in [0.05, 0.1) is 24.8 Å². The summed E-state index contributed by atoms with van der Waals surface area (Å²) in [7, 11) is 1.66. The zero-order chi connectivity index (χ0) is 20.4. The van der Waals surface area contributed by atoms with Crippen LogP contribution in [0.4, 0.5) is 0 Å². The number of fused-ring (bicyclic) bond motifs is 3. The Morgan fingerprint density at radius 2 is 1.97 bits per heavy atom. The summed E-state index contributed by atoms with van der Waals surface area (Å²) >= 11 is 1.56. The van der Waals surface area contributed by atoms with Crippen LogP contribution in [0.5, 0.6) is 11.5 Å². The molecule has 0 aliphatic heterocycles. The van der Waals surface area contributed by atoms with Gasteiger partial charge in [-0.1, -0.05) is 23.9 Å². The molecule has 0 aliphatic carbocycles. The van der Waals surface area contributed by atoms with Gasteiger partial charge >= 0.3 is 0 Å². The molecule has 0 fully saturated rings. The molecule has 0 saturated heterocycles. The van der Waals surface area contributed by atoms with Crippen molar-refractivity contribution < 1.29 is 14.3 Å². The molecule has 2 aromatic heterocycles. The number of benzene rings is 2. The Labute approximate surface area is 172 Å². The quantitative estimate of drug-likeness (QED) is 0.254. The fraction of sp³-hybridized carbons (Fsp3) is 0.227. The molecule has 6 nitrogen and oxygen atoms in total. The van der Waals surface area contributed by atoms with E-state index in [0.29, 0.717) is 23.7 Å². The third kappa shape index (κ3) is 3.78. The van der Waals surface area contributed by atoms with Crippen LogP contribution >= 0.6 is 11.8 Å². The van der Waals surface area contributed by atoms with E-state index in [2.05, 4.69) is 23.2 Å². The van der Waals surface area contributed by atoms with Crippen molar-refractivity contribution in [2.75, 3.05) is 19.5 Å². The maximum Gasteiger partial charge on any atom is 0.196 e. The number of carbonyl (C=O) groups excluding carboxylic acids is 1. The zero-order valence-corrected chi connectivity index (χ0v) is 17.3. The summed E-state index contributed by atoms with van der Waals surface area (Å²) in [4.78, 5) is 11.7. The maximum absolute atomic E-state index is 11.7. The maximum atomic E-state index is 11.7. The smallest absolute Gasteiger partial charge is 0.196 e. The number of rotatable bonds is 7. The topological polar surface area (TPSA) is 65.7 Å². The fourth-order valence-corrected chi connectivity index (χ4v) is 4.06. The van der Waals surface area contributed by atoms with E-state index in [1.165, 1.54) is 0 Å². The van der Waals surface area contributed by atoms with Crippen LogP contribution < -0.4 is 9.47 Å². The van der Waals surface area contributed by atoms with E-state index in [9.17, 15) is 4.79 Å². The Morgan fingerprint density at radius 1 is 1.14 bits per heavy atom. The average Bonchev–Trinajstić information content (AvgIpc) is 3.14. The molecule has 0 amide bonds. The van der Waals surface area contributed by atoms with Crippen LogP contribution in [0.25, 0.3) is 16.6 Å². The molecule has 7 heteroatoms. The lowest BCUT2D eigenvalue weighted by Gasteiger charge is -2.10. The van der Waals surface area contributed by atoms with Gasteiger partial charge in [0, 0.05) is 17.2 Å². The number of methoxy groups -OCH3 is 1. The number of pyridine rings is 1. The molecule has 0 radical (unpaired) electrons. The molecule has 4 rings (SSSR count). The fourth-order valence-electron chi connectivity index (χ4n) is 3.29. The minimum atomic E-state index is -0.00695. The second-order valence-corrected chi connectivity index (χ2v) is 7.70. The normalized spacial score (nSPS) is 11.1. The van der Waals surface area contributed by atoms with Gasteiger partial charge in [-0.15, -0.1) is 10.2 Å². The molecule has 4 aromatic rings. The monoisotopic (exact) mass is 407 g/mol. The van der Waals surface area contributed by atoms with E-state index in [-0.39, 0.29) is 5.78 Å². The second-order valence-electron chi connectivity index (χ2n) is 6.64. The molecule has 0 bridgehead atoms. The van der Waals surface area contributed by atoms with Gasteiger partial charge in [0.25, 0.3) is 0 Å². The second kappa shape index (κ2) is 8.13. The number of aromatic nitrogens is 3. The van der Waals surface area contributed by atoms with Crippen LogP contribution in [0.1, 0.15) is 22.8 Å². The first-order valence-corrected chi connectivity index (χ1v) is 10.2. The van der Waals surface area contributed by atoms with E-state index < -0.39 is 0 Å². The number of thioether (sulfide) groups is 1. The average molecular weight is 407 g/mol. The molecule has 0 spiro atoms. The highest BCUT2D eigenvalue weighted by Crippen LogP contribution is 2.28. The molecular weight excluding hydrogens is 386 g/mol. The number of aryl methyl sites for hydroxylation is 1. The highest BCUT2D eigenvalue weighted by Gasteiger charge is 2.13. The third-order valence-corrected chi connectivity index (χ3v) is 5.61. The molecule has 0 N–H and O–H groups in total. The van der Waals surface area contributed by atoms with Crippen molar-refractivity contribution in [1.29, 1.82) is 0 Å². The standard InChI is InChI=1S/C22H21N3O3S/c1-14-12-21-23-24-22(25(21)19-13-16(27-3)8-9-17(14)19)29-11-10-28-20-7-5-4-6-18(20)15(2)26/h4-9,12-13H,10-11H2,1-3H3. The molecule has 2 heterocycles. The number of ether oxygens (including phenoxy) is 2. The summed E-state index contributed by atoms with van der Waals surface area (Å²) in [5.41, 5.74) is 3.55. The van der Waals surface area contributed by atoms with Gasteiger partial charge in [-0.05, 0) is 49.7 Å². The number of Topliss-reactive ketones (excluding diaryl/α,β-unsaturated/α-hetero) is 1. The molecule has 2 aromatic carbocycles. The van der Waals surface area contributed by atoms with Crippen LogP contribution in [0.3, 0.4) is 0 Å². The van der Waals surface area contributed by atoms with Gasteiger partial charge in [0.15, 0.2) is 16.6 Å². The van der Waals surface area contributed by atoms with Gasteiger partial charge < -0.3 is 9.47 Å². The molecule has 0 aliphatic rings. The van der Waals surface area contributed by atoms with Crippen LogP contribution in [0, 0.1) is 6.92 Å². The van der Waals surface area contributed by atoms with Gasteiger partial charge in [-0.25, -0.2) is 0 Å². The molecular formula is C22H21N3O3S. The Bertz CT molecular complexity index is 1200. The Balaban J connectivity index is 1.56. The van der Waals surface area contributed by atoms with Crippen molar-refractivity contribution >= 4 is 34.1 Å². The van der Waals surface area contributed by atoms with Crippen LogP contribution in [-0.4, -0.2) is 39.9 Å². The molecule has 0 unspecified atom stereocenters. The lowest BCUT2D eigenvalue weighted by Crippen LogP contribution is -2.05. The number of hydrogen-bond acceptors (Lipinski definition) is 6. The summed E-state index contributed by atoms with van der Waals surface area (Å²) in [5, 5.41) is 10.6. The largest absolute Gasteiger partial charge is 0.497 e. The SMILES string of the molecule is COc1ccc2c(C)cc3nnc(SCCOc4ccccc4C(C)=O)n3c2c1.